The van der Waals surface area contributed by atoms with Crippen molar-refractivity contribution >= 4 is 12.4 Å². The number of nitrogens with two attached hydrogens (primary N) is 1. The maximum atomic E-state index is 11.9. The Labute approximate surface area is 78.1 Å². The lowest BCUT2D eigenvalue weighted by Crippen LogP contribution is -2.09. The fourth-order valence-electron chi connectivity index (χ4n) is 0.605. The zero-order chi connectivity index (χ0) is 9.35. The van der Waals surface area contributed by atoms with Gasteiger partial charge in [0.05, 0.1) is 6.04 Å². The van der Waals surface area contributed by atoms with E-state index < -0.39 is 18.0 Å². The van der Waals surface area contributed by atoms with Crippen molar-refractivity contribution in [2.24, 2.45) is 5.73 Å². The summed E-state index contributed by atoms with van der Waals surface area (Å²) < 4.78 is 35.6. The third-order valence-electron chi connectivity index (χ3n) is 1.19. The van der Waals surface area contributed by atoms with Gasteiger partial charge in [-0.15, -0.1) is 17.5 Å². The lowest BCUT2D eigenvalue weighted by atomic mass is 10.3. The molecule has 13 heavy (non-hydrogen) atoms. The average molecular weight is 217 g/mol. The first-order valence-electron chi connectivity index (χ1n) is 3.16. The fraction of sp³-hybridized carbons (Fsp3) is 0.600. The van der Waals surface area contributed by atoms with E-state index in [4.69, 9.17) is 5.73 Å². The predicted molar refractivity (Wildman–Crippen MR) is 41.2 cm³/mol. The number of hydrogen-bond donors (Lipinski definition) is 2. The molecule has 1 heterocycles. The van der Waals surface area contributed by atoms with Crippen molar-refractivity contribution in [1.82, 2.24) is 15.2 Å². The molecule has 0 bridgehead atoms. The Kier molecular flexibility index (Phi) is 3.68. The second-order valence-electron chi connectivity index (χ2n) is 2.33. The van der Waals surface area contributed by atoms with Gasteiger partial charge in [0.15, 0.2) is 0 Å². The molecular formula is C5H8ClF3N4. The molecule has 0 aliphatic rings. The number of aromatic nitrogens is 3. The summed E-state index contributed by atoms with van der Waals surface area (Å²) in [6.07, 6.45) is -4.51. The molecule has 1 atom stereocenters. The molecule has 4 nitrogen and oxygen atoms in total. The minimum atomic E-state index is -4.51. The second-order valence-corrected chi connectivity index (χ2v) is 2.33. The number of H-pyrrole nitrogens is 1. The first-order chi connectivity index (χ1) is 5.41. The molecule has 76 valence electrons. The Morgan fingerprint density at radius 3 is 2.23 bits per heavy atom. The van der Waals surface area contributed by atoms with Crippen LogP contribution in [0.3, 0.4) is 0 Å². The van der Waals surface area contributed by atoms with E-state index in [2.05, 4.69) is 15.2 Å². The normalized spacial score (nSPS) is 13.6. The zero-order valence-electron chi connectivity index (χ0n) is 6.59. The van der Waals surface area contributed by atoms with E-state index in [-0.39, 0.29) is 18.2 Å². The molecule has 0 aliphatic carbocycles. The molecule has 0 fully saturated rings. The van der Waals surface area contributed by atoms with E-state index in [1.807, 2.05) is 0 Å². The Bertz CT molecular complexity index is 269. The van der Waals surface area contributed by atoms with Crippen molar-refractivity contribution < 1.29 is 13.2 Å². The van der Waals surface area contributed by atoms with Crippen LogP contribution >= 0.6 is 12.4 Å². The Morgan fingerprint density at radius 2 is 2.00 bits per heavy atom. The molecule has 0 radical (unpaired) electrons. The molecule has 3 N–H and O–H groups in total. The molecule has 1 rings (SSSR count). The number of nitrogens with one attached hydrogen (secondary N) is 1. The molecule has 0 saturated heterocycles. The molecule has 8 heteroatoms. The summed E-state index contributed by atoms with van der Waals surface area (Å²) in [5.41, 5.74) is 5.27. The van der Waals surface area contributed by atoms with Crippen LogP contribution in [0.2, 0.25) is 0 Å². The standard InChI is InChI=1S/C5H7F3N4.ClH/c1-2(9)3-10-4(12-11-3)5(6,7)8;/h2H,9H2,1H3,(H,10,11,12);1H. The zero-order valence-corrected chi connectivity index (χ0v) is 7.41. The number of nitrogens with zero attached hydrogens (tertiary/aromatic N) is 2. The number of rotatable bonds is 1. The molecule has 1 aromatic rings. The fourth-order valence-corrected chi connectivity index (χ4v) is 0.605. The SMILES string of the molecule is CC(N)c1nc(C(F)(F)F)n[nH]1.Cl. The third kappa shape index (κ3) is 2.85. The maximum Gasteiger partial charge on any atom is 0.453 e. The summed E-state index contributed by atoms with van der Waals surface area (Å²) in [6.45, 7) is 1.51. The molecule has 0 amide bonds. The third-order valence-corrected chi connectivity index (χ3v) is 1.19. The van der Waals surface area contributed by atoms with Crippen molar-refractivity contribution in [3.8, 4) is 0 Å². The summed E-state index contributed by atoms with van der Waals surface area (Å²) >= 11 is 0. The highest BCUT2D eigenvalue weighted by molar-refractivity contribution is 5.85. The lowest BCUT2D eigenvalue weighted by molar-refractivity contribution is -0.144. The summed E-state index contributed by atoms with van der Waals surface area (Å²) in [5.74, 6) is -1.16. The van der Waals surface area contributed by atoms with Crippen LogP contribution in [-0.4, -0.2) is 15.2 Å². The summed E-state index contributed by atoms with van der Waals surface area (Å²) in [5, 5.41) is 5.07. The van der Waals surface area contributed by atoms with E-state index in [0.29, 0.717) is 0 Å². The van der Waals surface area contributed by atoms with Gasteiger partial charge in [-0.05, 0) is 6.92 Å². The topological polar surface area (TPSA) is 67.6 Å². The van der Waals surface area contributed by atoms with E-state index in [1.165, 1.54) is 6.92 Å². The van der Waals surface area contributed by atoms with Crippen LogP contribution in [0.4, 0.5) is 13.2 Å². The van der Waals surface area contributed by atoms with E-state index >= 15 is 0 Å². The maximum absolute atomic E-state index is 11.9. The predicted octanol–water partition coefficient (Wildman–Crippen LogP) is 1.27. The van der Waals surface area contributed by atoms with Crippen LogP contribution in [0.25, 0.3) is 0 Å². The van der Waals surface area contributed by atoms with Gasteiger partial charge in [0.1, 0.15) is 5.82 Å². The molecule has 1 aromatic heterocycles. The average Bonchev–Trinajstić information content (AvgIpc) is 2.30. The second kappa shape index (κ2) is 3.93. The quantitative estimate of drug-likeness (QED) is 0.743. The number of aromatic amines is 1. The van der Waals surface area contributed by atoms with Crippen LogP contribution in [0.15, 0.2) is 0 Å². The monoisotopic (exact) mass is 216 g/mol. The summed E-state index contributed by atoms with van der Waals surface area (Å²) in [6, 6.07) is -0.575. The highest BCUT2D eigenvalue weighted by Crippen LogP contribution is 2.25. The molecule has 0 aromatic carbocycles. The minimum absolute atomic E-state index is 0. The minimum Gasteiger partial charge on any atom is -0.322 e. The molecule has 0 saturated carbocycles. The highest BCUT2D eigenvalue weighted by Gasteiger charge is 2.36. The van der Waals surface area contributed by atoms with Gasteiger partial charge in [0.2, 0.25) is 0 Å². The largest absolute Gasteiger partial charge is 0.453 e. The molecule has 1 unspecified atom stereocenters. The molecule has 0 aliphatic heterocycles. The van der Waals surface area contributed by atoms with Crippen molar-refractivity contribution in [2.75, 3.05) is 0 Å². The highest BCUT2D eigenvalue weighted by atomic mass is 35.5. The Morgan fingerprint density at radius 1 is 1.46 bits per heavy atom. The van der Waals surface area contributed by atoms with Crippen LogP contribution in [0, 0.1) is 0 Å². The van der Waals surface area contributed by atoms with Crippen molar-refractivity contribution in [3.63, 3.8) is 0 Å². The van der Waals surface area contributed by atoms with Gasteiger partial charge in [0.25, 0.3) is 5.82 Å². The van der Waals surface area contributed by atoms with Crippen LogP contribution in [0.1, 0.15) is 24.6 Å². The van der Waals surface area contributed by atoms with Gasteiger partial charge in [-0.1, -0.05) is 0 Å². The smallest absolute Gasteiger partial charge is 0.322 e. The lowest BCUT2D eigenvalue weighted by Gasteiger charge is -1.98. The van der Waals surface area contributed by atoms with Crippen LogP contribution < -0.4 is 5.73 Å². The Balaban J connectivity index is 0.00000144. The van der Waals surface area contributed by atoms with Gasteiger partial charge >= 0.3 is 6.18 Å². The van der Waals surface area contributed by atoms with Gasteiger partial charge in [-0.2, -0.15) is 13.2 Å². The van der Waals surface area contributed by atoms with Gasteiger partial charge in [-0.3, -0.25) is 5.10 Å². The summed E-state index contributed by atoms with van der Waals surface area (Å²) in [7, 11) is 0. The number of alkyl halides is 3. The Hall–Kier alpha value is -0.820. The van der Waals surface area contributed by atoms with E-state index in [1.54, 1.807) is 0 Å². The molecule has 0 spiro atoms. The van der Waals surface area contributed by atoms with Gasteiger partial charge in [0, 0.05) is 0 Å². The number of hydrogen-bond acceptors (Lipinski definition) is 3. The van der Waals surface area contributed by atoms with Crippen LogP contribution in [0.5, 0.6) is 0 Å². The van der Waals surface area contributed by atoms with Crippen molar-refractivity contribution in [3.05, 3.63) is 11.6 Å². The van der Waals surface area contributed by atoms with Crippen LogP contribution in [-0.2, 0) is 6.18 Å². The number of halogens is 4. The first-order valence-corrected chi connectivity index (χ1v) is 3.16. The van der Waals surface area contributed by atoms with E-state index in [0.717, 1.165) is 0 Å². The summed E-state index contributed by atoms with van der Waals surface area (Å²) in [4.78, 5) is 3.16. The van der Waals surface area contributed by atoms with E-state index in [9.17, 15) is 13.2 Å². The first kappa shape index (κ1) is 12.2. The van der Waals surface area contributed by atoms with Gasteiger partial charge < -0.3 is 5.73 Å². The van der Waals surface area contributed by atoms with Gasteiger partial charge in [-0.25, -0.2) is 4.98 Å². The van der Waals surface area contributed by atoms with Crippen molar-refractivity contribution in [1.29, 1.82) is 0 Å². The molecular weight excluding hydrogens is 209 g/mol. The van der Waals surface area contributed by atoms with Crippen molar-refractivity contribution in [2.45, 2.75) is 19.1 Å².